The monoisotopic (exact) mass is 300 g/mol. The van der Waals surface area contributed by atoms with Gasteiger partial charge in [0.1, 0.15) is 0 Å². The first-order valence-electron chi connectivity index (χ1n) is 8.21. The third kappa shape index (κ3) is 3.53. The standard InChI is InChI=1S/C23H24/c1-17-5-7-18(8-6-17)19-9-11-20(12-10-19)21-13-15-22(16-14-21)23(2,3)4/h5-16H,1-4H3. The summed E-state index contributed by atoms with van der Waals surface area (Å²) in [7, 11) is 0. The molecule has 0 aliphatic heterocycles. The van der Waals surface area contributed by atoms with E-state index in [0.29, 0.717) is 0 Å². The molecule has 0 N–H and O–H groups in total. The average Bonchev–Trinajstić information content (AvgIpc) is 2.55. The minimum Gasteiger partial charge on any atom is -0.0587 e. The largest absolute Gasteiger partial charge is 0.0587 e. The molecule has 0 aliphatic rings. The fourth-order valence-electron chi connectivity index (χ4n) is 2.76. The Balaban J connectivity index is 1.86. The highest BCUT2D eigenvalue weighted by atomic mass is 14.2. The number of aryl methyl sites for hydroxylation is 1. The molecule has 0 bridgehead atoms. The smallest absolute Gasteiger partial charge is 0.0132 e. The maximum absolute atomic E-state index is 2.25. The average molecular weight is 300 g/mol. The van der Waals surface area contributed by atoms with Gasteiger partial charge in [0.15, 0.2) is 0 Å². The van der Waals surface area contributed by atoms with Gasteiger partial charge in [-0.15, -0.1) is 0 Å². The molecular formula is C23H24. The second-order valence-electron chi connectivity index (χ2n) is 7.27. The Morgan fingerprint density at radius 3 is 1.13 bits per heavy atom. The maximum Gasteiger partial charge on any atom is -0.0132 e. The van der Waals surface area contributed by atoms with Crippen molar-refractivity contribution in [3.63, 3.8) is 0 Å². The highest BCUT2D eigenvalue weighted by Crippen LogP contribution is 2.28. The zero-order chi connectivity index (χ0) is 16.4. The number of benzene rings is 3. The van der Waals surface area contributed by atoms with Crippen LogP contribution in [0.15, 0.2) is 72.8 Å². The van der Waals surface area contributed by atoms with Gasteiger partial charge in [0.25, 0.3) is 0 Å². The van der Waals surface area contributed by atoms with Crippen LogP contribution in [-0.4, -0.2) is 0 Å². The van der Waals surface area contributed by atoms with Gasteiger partial charge < -0.3 is 0 Å². The topological polar surface area (TPSA) is 0 Å². The Bertz CT molecular complexity index is 767. The second-order valence-corrected chi connectivity index (χ2v) is 7.27. The van der Waals surface area contributed by atoms with Crippen LogP contribution in [0, 0.1) is 6.92 Å². The van der Waals surface area contributed by atoms with E-state index in [0.717, 1.165) is 0 Å². The quantitative estimate of drug-likeness (QED) is 0.498. The van der Waals surface area contributed by atoms with Crippen molar-refractivity contribution >= 4 is 0 Å². The first kappa shape index (κ1) is 15.6. The van der Waals surface area contributed by atoms with Gasteiger partial charge in [-0.05, 0) is 40.2 Å². The van der Waals surface area contributed by atoms with E-state index in [-0.39, 0.29) is 5.41 Å². The highest BCUT2D eigenvalue weighted by molar-refractivity contribution is 5.70. The predicted octanol–water partition coefficient (Wildman–Crippen LogP) is 6.63. The fraction of sp³-hybridized carbons (Fsp3) is 0.217. The molecule has 23 heavy (non-hydrogen) atoms. The molecule has 0 heteroatoms. The summed E-state index contributed by atoms with van der Waals surface area (Å²) < 4.78 is 0. The molecule has 0 heterocycles. The lowest BCUT2D eigenvalue weighted by Gasteiger charge is -2.19. The zero-order valence-electron chi connectivity index (χ0n) is 14.4. The molecule has 0 unspecified atom stereocenters. The highest BCUT2D eigenvalue weighted by Gasteiger charge is 2.13. The van der Waals surface area contributed by atoms with E-state index in [4.69, 9.17) is 0 Å². The Morgan fingerprint density at radius 2 is 0.783 bits per heavy atom. The van der Waals surface area contributed by atoms with Gasteiger partial charge in [0, 0.05) is 0 Å². The zero-order valence-corrected chi connectivity index (χ0v) is 14.4. The van der Waals surface area contributed by atoms with E-state index in [1.807, 2.05) is 0 Å². The van der Waals surface area contributed by atoms with E-state index < -0.39 is 0 Å². The summed E-state index contributed by atoms with van der Waals surface area (Å²) in [6.45, 7) is 8.86. The van der Waals surface area contributed by atoms with Crippen LogP contribution in [0.4, 0.5) is 0 Å². The molecule has 116 valence electrons. The van der Waals surface area contributed by atoms with E-state index >= 15 is 0 Å². The van der Waals surface area contributed by atoms with Gasteiger partial charge >= 0.3 is 0 Å². The SMILES string of the molecule is Cc1ccc(-c2ccc(-c3ccc(C(C)(C)C)cc3)cc2)cc1. The van der Waals surface area contributed by atoms with Crippen molar-refractivity contribution < 1.29 is 0 Å². The number of hydrogen-bond donors (Lipinski definition) is 0. The molecule has 0 fully saturated rings. The molecule has 0 spiro atoms. The van der Waals surface area contributed by atoms with Gasteiger partial charge in [-0.3, -0.25) is 0 Å². The Morgan fingerprint density at radius 1 is 0.478 bits per heavy atom. The van der Waals surface area contributed by atoms with Gasteiger partial charge in [0.05, 0.1) is 0 Å². The predicted molar refractivity (Wildman–Crippen MR) is 101 cm³/mol. The first-order chi connectivity index (χ1) is 10.9. The molecule has 3 aromatic carbocycles. The summed E-state index contributed by atoms with van der Waals surface area (Å²) in [4.78, 5) is 0. The summed E-state index contributed by atoms with van der Waals surface area (Å²) in [5.74, 6) is 0. The molecule has 3 aromatic rings. The summed E-state index contributed by atoms with van der Waals surface area (Å²) >= 11 is 0. The summed E-state index contributed by atoms with van der Waals surface area (Å²) in [6, 6.07) is 26.4. The van der Waals surface area contributed by atoms with Crippen molar-refractivity contribution in [2.45, 2.75) is 33.1 Å². The van der Waals surface area contributed by atoms with Crippen molar-refractivity contribution in [1.29, 1.82) is 0 Å². The van der Waals surface area contributed by atoms with Crippen LogP contribution in [0.1, 0.15) is 31.9 Å². The Hall–Kier alpha value is -2.34. The molecule has 3 rings (SSSR count). The van der Waals surface area contributed by atoms with Gasteiger partial charge in [0.2, 0.25) is 0 Å². The second kappa shape index (κ2) is 6.04. The van der Waals surface area contributed by atoms with Crippen molar-refractivity contribution in [1.82, 2.24) is 0 Å². The minimum absolute atomic E-state index is 0.202. The van der Waals surface area contributed by atoms with Crippen LogP contribution in [0.2, 0.25) is 0 Å². The van der Waals surface area contributed by atoms with Crippen LogP contribution in [0.25, 0.3) is 22.3 Å². The van der Waals surface area contributed by atoms with Crippen molar-refractivity contribution in [3.05, 3.63) is 83.9 Å². The number of hydrogen-bond acceptors (Lipinski definition) is 0. The first-order valence-corrected chi connectivity index (χ1v) is 8.21. The van der Waals surface area contributed by atoms with Gasteiger partial charge in [-0.25, -0.2) is 0 Å². The Labute approximate surface area is 139 Å². The lowest BCUT2D eigenvalue weighted by Crippen LogP contribution is -2.10. The summed E-state index contributed by atoms with van der Waals surface area (Å²) in [6.07, 6.45) is 0. The maximum atomic E-state index is 2.25. The van der Waals surface area contributed by atoms with Gasteiger partial charge in [-0.2, -0.15) is 0 Å². The molecule has 0 saturated heterocycles. The third-order valence-corrected chi connectivity index (χ3v) is 4.35. The minimum atomic E-state index is 0.202. The van der Waals surface area contributed by atoms with Crippen LogP contribution >= 0.6 is 0 Å². The van der Waals surface area contributed by atoms with Crippen molar-refractivity contribution in [2.24, 2.45) is 0 Å². The van der Waals surface area contributed by atoms with Crippen LogP contribution < -0.4 is 0 Å². The lowest BCUT2D eigenvalue weighted by atomic mass is 9.86. The molecule has 0 atom stereocenters. The van der Waals surface area contributed by atoms with E-state index in [2.05, 4.69) is 100 Å². The van der Waals surface area contributed by atoms with E-state index in [1.165, 1.54) is 33.4 Å². The van der Waals surface area contributed by atoms with E-state index in [9.17, 15) is 0 Å². The fourth-order valence-corrected chi connectivity index (χ4v) is 2.76. The number of rotatable bonds is 2. The lowest BCUT2D eigenvalue weighted by molar-refractivity contribution is 0.590. The van der Waals surface area contributed by atoms with Crippen LogP contribution in [-0.2, 0) is 5.41 Å². The van der Waals surface area contributed by atoms with Gasteiger partial charge in [-0.1, -0.05) is 99.1 Å². The van der Waals surface area contributed by atoms with Crippen LogP contribution in [0.3, 0.4) is 0 Å². The molecule has 0 nitrogen and oxygen atoms in total. The molecule has 0 aliphatic carbocycles. The molecule has 0 radical (unpaired) electrons. The normalized spacial score (nSPS) is 11.5. The molecule has 0 aromatic heterocycles. The van der Waals surface area contributed by atoms with Crippen molar-refractivity contribution in [2.75, 3.05) is 0 Å². The van der Waals surface area contributed by atoms with Crippen molar-refractivity contribution in [3.8, 4) is 22.3 Å². The Kier molecular flexibility index (Phi) is 4.09. The summed E-state index contributed by atoms with van der Waals surface area (Å²) in [5, 5.41) is 0. The molecule has 0 saturated carbocycles. The third-order valence-electron chi connectivity index (χ3n) is 4.35. The van der Waals surface area contributed by atoms with E-state index in [1.54, 1.807) is 0 Å². The molecule has 0 amide bonds. The summed E-state index contributed by atoms with van der Waals surface area (Å²) in [5.41, 5.74) is 7.94. The van der Waals surface area contributed by atoms with Crippen LogP contribution in [0.5, 0.6) is 0 Å². The molecular weight excluding hydrogens is 276 g/mol.